The molecule has 2 amide bonds. The lowest BCUT2D eigenvalue weighted by Crippen LogP contribution is -2.34. The van der Waals surface area contributed by atoms with Gasteiger partial charge >= 0.3 is 6.03 Å². The Morgan fingerprint density at radius 2 is 1.93 bits per heavy atom. The zero-order valence-electron chi connectivity index (χ0n) is 16.4. The summed E-state index contributed by atoms with van der Waals surface area (Å²) in [6.07, 6.45) is 1.56. The van der Waals surface area contributed by atoms with Gasteiger partial charge in [0.25, 0.3) is 0 Å². The van der Waals surface area contributed by atoms with Crippen molar-refractivity contribution in [2.24, 2.45) is 0 Å². The number of para-hydroxylation sites is 1. The highest BCUT2D eigenvalue weighted by molar-refractivity contribution is 5.89. The molecule has 0 aliphatic rings. The van der Waals surface area contributed by atoms with Crippen molar-refractivity contribution in [3.05, 3.63) is 72.2 Å². The first-order valence-electron chi connectivity index (χ1n) is 9.26. The number of carbonyl (C=O) groups is 1. The summed E-state index contributed by atoms with van der Waals surface area (Å²) in [5.74, 6) is 1.91. The van der Waals surface area contributed by atoms with Crippen molar-refractivity contribution in [3.63, 3.8) is 0 Å². The van der Waals surface area contributed by atoms with E-state index in [0.717, 1.165) is 0 Å². The van der Waals surface area contributed by atoms with Crippen molar-refractivity contribution in [3.8, 4) is 17.2 Å². The van der Waals surface area contributed by atoms with E-state index in [1.165, 1.54) is 0 Å². The molecule has 152 valence electrons. The molecule has 0 radical (unpaired) electrons. The number of anilines is 1. The van der Waals surface area contributed by atoms with Gasteiger partial charge in [0.2, 0.25) is 0 Å². The van der Waals surface area contributed by atoms with Crippen molar-refractivity contribution in [2.45, 2.75) is 20.0 Å². The van der Waals surface area contributed by atoms with Crippen LogP contribution >= 0.6 is 0 Å². The Hall–Kier alpha value is -3.61. The van der Waals surface area contributed by atoms with Crippen LogP contribution in [0, 0.1) is 0 Å². The highest BCUT2D eigenvalue weighted by Gasteiger charge is 2.18. The molecule has 0 atom stereocenters. The van der Waals surface area contributed by atoms with Crippen molar-refractivity contribution in [1.29, 1.82) is 0 Å². The third kappa shape index (κ3) is 5.22. The van der Waals surface area contributed by atoms with Crippen LogP contribution in [0.3, 0.4) is 0 Å². The van der Waals surface area contributed by atoms with E-state index in [1.54, 1.807) is 66.8 Å². The maximum absolute atomic E-state index is 13.0. The Morgan fingerprint density at radius 3 is 2.62 bits per heavy atom. The Bertz CT molecular complexity index is 940. The zero-order valence-corrected chi connectivity index (χ0v) is 16.4. The van der Waals surface area contributed by atoms with Crippen LogP contribution < -0.4 is 14.8 Å². The largest absolute Gasteiger partial charge is 0.508 e. The average Bonchev–Trinajstić information content (AvgIpc) is 3.23. The first-order chi connectivity index (χ1) is 14.1. The maximum atomic E-state index is 13.0. The first-order valence-corrected chi connectivity index (χ1v) is 9.26. The molecule has 0 spiro atoms. The van der Waals surface area contributed by atoms with Gasteiger partial charge in [-0.3, -0.25) is 0 Å². The lowest BCUT2D eigenvalue weighted by atomic mass is 10.2. The predicted octanol–water partition coefficient (Wildman–Crippen LogP) is 4.63. The van der Waals surface area contributed by atoms with Gasteiger partial charge in [0.05, 0.1) is 33.1 Å². The van der Waals surface area contributed by atoms with Gasteiger partial charge < -0.3 is 29.2 Å². The van der Waals surface area contributed by atoms with Gasteiger partial charge in [-0.05, 0) is 37.3 Å². The molecular formula is C22H24N2O5. The minimum atomic E-state index is -0.336. The molecule has 0 bridgehead atoms. The smallest absolute Gasteiger partial charge is 0.322 e. The summed E-state index contributed by atoms with van der Waals surface area (Å²) < 4.78 is 16.2. The van der Waals surface area contributed by atoms with Crippen molar-refractivity contribution in [1.82, 2.24) is 4.90 Å². The van der Waals surface area contributed by atoms with Crippen LogP contribution in [0.1, 0.15) is 18.2 Å². The number of nitrogens with zero attached hydrogens (tertiary/aromatic N) is 1. The molecule has 7 nitrogen and oxygen atoms in total. The third-order valence-corrected chi connectivity index (χ3v) is 4.28. The van der Waals surface area contributed by atoms with Gasteiger partial charge in [0.15, 0.2) is 11.5 Å². The van der Waals surface area contributed by atoms with Gasteiger partial charge in [-0.25, -0.2) is 4.79 Å². The summed E-state index contributed by atoms with van der Waals surface area (Å²) in [5.41, 5.74) is 1.21. The highest BCUT2D eigenvalue weighted by Crippen LogP contribution is 2.30. The monoisotopic (exact) mass is 396 g/mol. The molecule has 0 aliphatic carbocycles. The minimum absolute atomic E-state index is 0.132. The summed E-state index contributed by atoms with van der Waals surface area (Å²) in [6, 6.07) is 15.3. The Morgan fingerprint density at radius 1 is 1.10 bits per heavy atom. The third-order valence-electron chi connectivity index (χ3n) is 4.28. The number of rotatable bonds is 8. The molecule has 0 saturated carbocycles. The van der Waals surface area contributed by atoms with E-state index in [4.69, 9.17) is 13.9 Å². The number of methoxy groups -OCH3 is 1. The minimum Gasteiger partial charge on any atom is -0.508 e. The number of aromatic hydroxyl groups is 1. The topological polar surface area (TPSA) is 84.2 Å². The summed E-state index contributed by atoms with van der Waals surface area (Å²) in [4.78, 5) is 14.6. The van der Waals surface area contributed by atoms with Crippen LogP contribution in [0.4, 0.5) is 10.5 Å². The van der Waals surface area contributed by atoms with Crippen LogP contribution in [-0.2, 0) is 13.1 Å². The number of amides is 2. The van der Waals surface area contributed by atoms with E-state index in [-0.39, 0.29) is 24.9 Å². The van der Waals surface area contributed by atoms with Crippen LogP contribution in [0.5, 0.6) is 17.2 Å². The molecular weight excluding hydrogens is 372 g/mol. The molecule has 0 saturated heterocycles. The average molecular weight is 396 g/mol. The second kappa shape index (κ2) is 9.54. The van der Waals surface area contributed by atoms with Gasteiger partial charge in [-0.2, -0.15) is 0 Å². The fourth-order valence-electron chi connectivity index (χ4n) is 2.87. The number of benzene rings is 2. The standard InChI is InChI=1S/C22H24N2O5/c1-3-28-21-13-17(10-11-20(21)27-2)23-22(26)24(15-18-8-6-12-29-18)14-16-7-4-5-9-19(16)25/h4-13,25H,3,14-15H2,1-2H3,(H,23,26). The number of carbonyl (C=O) groups excluding carboxylic acids is 1. The molecule has 3 aromatic rings. The highest BCUT2D eigenvalue weighted by atomic mass is 16.5. The number of phenolic OH excluding ortho intramolecular Hbond substituents is 1. The van der Waals surface area contributed by atoms with Crippen molar-refractivity contribution < 1.29 is 23.8 Å². The number of furan rings is 1. The van der Waals surface area contributed by atoms with E-state index in [0.29, 0.717) is 35.1 Å². The molecule has 2 N–H and O–H groups in total. The van der Waals surface area contributed by atoms with E-state index in [2.05, 4.69) is 5.32 Å². The fraction of sp³-hybridized carbons (Fsp3) is 0.227. The SMILES string of the molecule is CCOc1cc(NC(=O)N(Cc2ccco2)Cc2ccccc2O)ccc1OC. The summed E-state index contributed by atoms with van der Waals surface area (Å²) in [7, 11) is 1.56. The molecule has 0 aliphatic heterocycles. The predicted molar refractivity (Wildman–Crippen MR) is 109 cm³/mol. The molecule has 1 heterocycles. The number of urea groups is 1. The molecule has 29 heavy (non-hydrogen) atoms. The summed E-state index contributed by atoms with van der Waals surface area (Å²) in [6.45, 7) is 2.82. The molecule has 2 aromatic carbocycles. The van der Waals surface area contributed by atoms with E-state index < -0.39 is 0 Å². The second-order valence-electron chi connectivity index (χ2n) is 6.29. The molecule has 7 heteroatoms. The Balaban J connectivity index is 1.80. The normalized spacial score (nSPS) is 10.4. The van der Waals surface area contributed by atoms with Gasteiger partial charge in [0, 0.05) is 17.3 Å². The number of hydrogen-bond acceptors (Lipinski definition) is 5. The maximum Gasteiger partial charge on any atom is 0.322 e. The Labute approximate surface area is 169 Å². The zero-order chi connectivity index (χ0) is 20.6. The van der Waals surface area contributed by atoms with E-state index in [9.17, 15) is 9.90 Å². The molecule has 0 unspecified atom stereocenters. The number of hydrogen-bond donors (Lipinski definition) is 2. The second-order valence-corrected chi connectivity index (χ2v) is 6.29. The van der Waals surface area contributed by atoms with Crippen molar-refractivity contribution >= 4 is 11.7 Å². The molecule has 1 aromatic heterocycles. The number of phenols is 1. The van der Waals surface area contributed by atoms with Crippen LogP contribution in [0.2, 0.25) is 0 Å². The van der Waals surface area contributed by atoms with Gasteiger partial charge in [0.1, 0.15) is 11.5 Å². The van der Waals surface area contributed by atoms with Crippen LogP contribution in [0.15, 0.2) is 65.3 Å². The molecule has 0 fully saturated rings. The molecule has 3 rings (SSSR count). The lowest BCUT2D eigenvalue weighted by molar-refractivity contribution is 0.200. The van der Waals surface area contributed by atoms with Gasteiger partial charge in [-0.15, -0.1) is 0 Å². The van der Waals surface area contributed by atoms with Crippen LogP contribution in [-0.4, -0.2) is 29.8 Å². The number of nitrogens with one attached hydrogen (secondary N) is 1. The van der Waals surface area contributed by atoms with E-state index >= 15 is 0 Å². The quantitative estimate of drug-likeness (QED) is 0.580. The van der Waals surface area contributed by atoms with Crippen molar-refractivity contribution in [2.75, 3.05) is 19.0 Å². The summed E-state index contributed by atoms with van der Waals surface area (Å²) in [5, 5.41) is 13.0. The summed E-state index contributed by atoms with van der Waals surface area (Å²) >= 11 is 0. The first kappa shape index (κ1) is 20.1. The van der Waals surface area contributed by atoms with Gasteiger partial charge in [-0.1, -0.05) is 18.2 Å². The lowest BCUT2D eigenvalue weighted by Gasteiger charge is -2.23. The fourth-order valence-corrected chi connectivity index (χ4v) is 2.87. The van der Waals surface area contributed by atoms with E-state index in [1.807, 2.05) is 13.0 Å². The Kier molecular flexibility index (Phi) is 6.63. The number of ether oxygens (including phenoxy) is 2. The van der Waals surface area contributed by atoms with Crippen LogP contribution in [0.25, 0.3) is 0 Å².